The van der Waals surface area contributed by atoms with E-state index in [0.717, 1.165) is 24.8 Å². The Morgan fingerprint density at radius 3 is 2.64 bits per heavy atom. The number of anilines is 1. The summed E-state index contributed by atoms with van der Waals surface area (Å²) >= 11 is 0. The van der Waals surface area contributed by atoms with Gasteiger partial charge in [0.25, 0.3) is 5.91 Å². The van der Waals surface area contributed by atoms with Gasteiger partial charge in [0.2, 0.25) is 10.0 Å². The van der Waals surface area contributed by atoms with Crippen LogP contribution in [0.15, 0.2) is 47.4 Å². The minimum Gasteiger partial charge on any atom is -0.322 e. The fourth-order valence-electron chi connectivity index (χ4n) is 2.78. The molecule has 0 radical (unpaired) electrons. The molecule has 3 N–H and O–H groups in total. The van der Waals surface area contributed by atoms with Gasteiger partial charge in [-0.3, -0.25) is 4.79 Å². The van der Waals surface area contributed by atoms with Crippen LogP contribution in [-0.4, -0.2) is 14.3 Å². The largest absolute Gasteiger partial charge is 0.322 e. The number of rotatable bonds is 3. The Labute approximate surface area is 129 Å². The minimum atomic E-state index is -3.79. The van der Waals surface area contributed by atoms with E-state index >= 15 is 0 Å². The topological polar surface area (TPSA) is 89.3 Å². The zero-order valence-corrected chi connectivity index (χ0v) is 12.7. The fraction of sp³-hybridized carbons (Fsp3) is 0.188. The van der Waals surface area contributed by atoms with E-state index in [4.69, 9.17) is 5.14 Å². The van der Waals surface area contributed by atoms with E-state index < -0.39 is 10.0 Å². The summed E-state index contributed by atoms with van der Waals surface area (Å²) in [5, 5.41) is 7.84. The molecule has 0 saturated carbocycles. The molecule has 6 heteroatoms. The first-order valence-corrected chi connectivity index (χ1v) is 8.55. The summed E-state index contributed by atoms with van der Waals surface area (Å²) in [6.07, 6.45) is 2.95. The predicted octanol–water partition coefficient (Wildman–Crippen LogP) is 2.08. The first-order chi connectivity index (χ1) is 10.4. The minimum absolute atomic E-state index is 0.0245. The summed E-state index contributed by atoms with van der Waals surface area (Å²) in [6.45, 7) is 0. The van der Waals surface area contributed by atoms with Crippen LogP contribution < -0.4 is 10.5 Å². The lowest BCUT2D eigenvalue weighted by Crippen LogP contribution is -2.16. The Kier molecular flexibility index (Phi) is 3.72. The maximum atomic E-state index is 12.4. The fourth-order valence-corrected chi connectivity index (χ4v) is 3.34. The number of fused-ring (bicyclic) bond motifs is 1. The van der Waals surface area contributed by atoms with Gasteiger partial charge in [0.1, 0.15) is 0 Å². The Morgan fingerprint density at radius 1 is 1.09 bits per heavy atom. The van der Waals surface area contributed by atoms with E-state index in [2.05, 4.69) is 5.32 Å². The molecule has 0 fully saturated rings. The summed E-state index contributed by atoms with van der Waals surface area (Å²) in [4.78, 5) is 12.4. The molecule has 1 amide bonds. The third-order valence-electron chi connectivity index (χ3n) is 3.81. The summed E-state index contributed by atoms with van der Waals surface area (Å²) in [7, 11) is -3.79. The number of primary sulfonamides is 1. The maximum Gasteiger partial charge on any atom is 0.255 e. The van der Waals surface area contributed by atoms with Crippen molar-refractivity contribution in [2.75, 3.05) is 5.32 Å². The first-order valence-electron chi connectivity index (χ1n) is 7.00. The van der Waals surface area contributed by atoms with E-state index in [1.807, 2.05) is 12.1 Å². The van der Waals surface area contributed by atoms with Crippen molar-refractivity contribution in [2.45, 2.75) is 24.2 Å². The second-order valence-electron chi connectivity index (χ2n) is 5.32. The SMILES string of the molecule is NS(=O)(=O)c1cccc(NC(=O)c2cccc3c2CCC3)c1. The van der Waals surface area contributed by atoms with Crippen LogP contribution in [-0.2, 0) is 22.9 Å². The van der Waals surface area contributed by atoms with Crippen LogP contribution in [0.5, 0.6) is 0 Å². The Hall–Kier alpha value is -2.18. The number of nitrogens with two attached hydrogens (primary N) is 1. The molecule has 0 aromatic heterocycles. The number of aryl methyl sites for hydroxylation is 1. The highest BCUT2D eigenvalue weighted by molar-refractivity contribution is 7.89. The molecular formula is C16H16N2O3S. The van der Waals surface area contributed by atoms with Gasteiger partial charge >= 0.3 is 0 Å². The van der Waals surface area contributed by atoms with Gasteiger partial charge in [-0.25, -0.2) is 13.6 Å². The highest BCUT2D eigenvalue weighted by Gasteiger charge is 2.19. The molecule has 0 bridgehead atoms. The number of hydrogen-bond acceptors (Lipinski definition) is 3. The van der Waals surface area contributed by atoms with Crippen molar-refractivity contribution in [3.8, 4) is 0 Å². The van der Waals surface area contributed by atoms with Crippen LogP contribution in [0.3, 0.4) is 0 Å². The lowest BCUT2D eigenvalue weighted by molar-refractivity contribution is 0.102. The van der Waals surface area contributed by atoms with Crippen molar-refractivity contribution >= 4 is 21.6 Å². The Morgan fingerprint density at radius 2 is 1.86 bits per heavy atom. The van der Waals surface area contributed by atoms with Crippen LogP contribution in [0.1, 0.15) is 27.9 Å². The van der Waals surface area contributed by atoms with E-state index in [1.54, 1.807) is 18.2 Å². The van der Waals surface area contributed by atoms with Gasteiger partial charge in [0.05, 0.1) is 4.90 Å². The quantitative estimate of drug-likeness (QED) is 0.908. The van der Waals surface area contributed by atoms with Crippen molar-refractivity contribution in [2.24, 2.45) is 5.14 Å². The van der Waals surface area contributed by atoms with Crippen LogP contribution in [0.4, 0.5) is 5.69 Å². The summed E-state index contributed by atoms with van der Waals surface area (Å²) < 4.78 is 22.7. The van der Waals surface area contributed by atoms with Crippen molar-refractivity contribution in [1.29, 1.82) is 0 Å². The van der Waals surface area contributed by atoms with Crippen LogP contribution in [0.2, 0.25) is 0 Å². The molecular weight excluding hydrogens is 300 g/mol. The predicted molar refractivity (Wildman–Crippen MR) is 84.2 cm³/mol. The van der Waals surface area contributed by atoms with Gasteiger partial charge in [-0.05, 0) is 54.7 Å². The lowest BCUT2D eigenvalue weighted by atomic mass is 10.0. The van der Waals surface area contributed by atoms with Crippen molar-refractivity contribution in [1.82, 2.24) is 0 Å². The molecule has 0 saturated heterocycles. The number of carbonyl (C=O) groups excluding carboxylic acids is 1. The van der Waals surface area contributed by atoms with Gasteiger partial charge < -0.3 is 5.32 Å². The molecule has 3 rings (SSSR count). The third kappa shape index (κ3) is 2.88. The van der Waals surface area contributed by atoms with Gasteiger partial charge in [-0.1, -0.05) is 18.2 Å². The second kappa shape index (κ2) is 5.55. The van der Waals surface area contributed by atoms with Crippen LogP contribution in [0, 0.1) is 0 Å². The highest BCUT2D eigenvalue weighted by Crippen LogP contribution is 2.26. The van der Waals surface area contributed by atoms with Crippen LogP contribution >= 0.6 is 0 Å². The smallest absolute Gasteiger partial charge is 0.255 e. The Bertz CT molecular complexity index is 844. The monoisotopic (exact) mass is 316 g/mol. The van der Waals surface area contributed by atoms with E-state index in [-0.39, 0.29) is 10.8 Å². The molecule has 2 aromatic rings. The zero-order chi connectivity index (χ0) is 15.7. The molecule has 1 aliphatic carbocycles. The first kappa shape index (κ1) is 14.7. The number of amides is 1. The summed E-state index contributed by atoms with van der Waals surface area (Å²) in [5.74, 6) is -0.231. The number of sulfonamides is 1. The van der Waals surface area contributed by atoms with Crippen molar-refractivity contribution in [3.05, 3.63) is 59.2 Å². The van der Waals surface area contributed by atoms with Gasteiger partial charge in [0.15, 0.2) is 0 Å². The van der Waals surface area contributed by atoms with Crippen molar-refractivity contribution in [3.63, 3.8) is 0 Å². The van der Waals surface area contributed by atoms with Crippen LogP contribution in [0.25, 0.3) is 0 Å². The van der Waals surface area contributed by atoms with Gasteiger partial charge in [-0.15, -0.1) is 0 Å². The lowest BCUT2D eigenvalue weighted by Gasteiger charge is -2.10. The molecule has 0 aliphatic heterocycles. The second-order valence-corrected chi connectivity index (χ2v) is 6.89. The third-order valence-corrected chi connectivity index (χ3v) is 4.72. The Balaban J connectivity index is 1.88. The molecule has 1 aliphatic rings. The van der Waals surface area contributed by atoms with E-state index in [0.29, 0.717) is 11.3 Å². The molecule has 114 valence electrons. The molecule has 0 heterocycles. The molecule has 0 unspecified atom stereocenters. The summed E-state index contributed by atoms with van der Waals surface area (Å²) in [6, 6.07) is 11.6. The zero-order valence-electron chi connectivity index (χ0n) is 11.9. The number of hydrogen-bond donors (Lipinski definition) is 2. The normalized spacial score (nSPS) is 13.7. The average Bonchev–Trinajstić information content (AvgIpc) is 2.94. The maximum absolute atomic E-state index is 12.4. The van der Waals surface area contributed by atoms with E-state index in [9.17, 15) is 13.2 Å². The number of nitrogens with one attached hydrogen (secondary N) is 1. The van der Waals surface area contributed by atoms with E-state index in [1.165, 1.54) is 17.7 Å². The number of carbonyl (C=O) groups is 1. The van der Waals surface area contributed by atoms with Crippen molar-refractivity contribution < 1.29 is 13.2 Å². The molecule has 0 atom stereocenters. The molecule has 0 spiro atoms. The molecule has 22 heavy (non-hydrogen) atoms. The average molecular weight is 316 g/mol. The molecule has 5 nitrogen and oxygen atoms in total. The standard InChI is InChI=1S/C16H16N2O3S/c17-22(20,21)13-7-3-6-12(10-13)18-16(19)15-9-2-5-11-4-1-8-14(11)15/h2-3,5-7,9-10H,1,4,8H2,(H,18,19)(H2,17,20,21). The van der Waals surface area contributed by atoms with Gasteiger partial charge in [0, 0.05) is 11.3 Å². The summed E-state index contributed by atoms with van der Waals surface area (Å²) in [5.41, 5.74) is 3.36. The van der Waals surface area contributed by atoms with Gasteiger partial charge in [-0.2, -0.15) is 0 Å². The number of benzene rings is 2. The highest BCUT2D eigenvalue weighted by atomic mass is 32.2. The molecule has 2 aromatic carbocycles.